The summed E-state index contributed by atoms with van der Waals surface area (Å²) in [5.74, 6) is -1.66. The van der Waals surface area contributed by atoms with Gasteiger partial charge in [-0.25, -0.2) is 4.98 Å². The van der Waals surface area contributed by atoms with Crippen LogP contribution in [0, 0.1) is 5.41 Å². The summed E-state index contributed by atoms with van der Waals surface area (Å²) < 4.78 is 37.5. The monoisotopic (exact) mass is 334 g/mol. The first-order valence-corrected chi connectivity index (χ1v) is 7.17. The number of hydrogen-bond acceptors (Lipinski definition) is 4. The van der Waals surface area contributed by atoms with Crippen molar-refractivity contribution in [2.45, 2.75) is 23.9 Å². The molecule has 1 saturated heterocycles. The second-order valence-corrected chi connectivity index (χ2v) is 6.30. The van der Waals surface area contributed by atoms with Crippen molar-refractivity contribution in [2.75, 3.05) is 13.1 Å². The van der Waals surface area contributed by atoms with Crippen LogP contribution in [0.3, 0.4) is 0 Å². The lowest BCUT2D eigenvalue weighted by molar-refractivity contribution is -0.147. The maximum absolute atomic E-state index is 12.5. The summed E-state index contributed by atoms with van der Waals surface area (Å²) in [6.07, 6.45) is 1.44. The molecule has 1 N–H and O–H groups in total. The summed E-state index contributed by atoms with van der Waals surface area (Å²) in [5, 5.41) is 8.72. The predicted octanol–water partition coefficient (Wildman–Crippen LogP) is 2.63. The molecule has 2 heterocycles. The second kappa shape index (κ2) is 5.79. The molecule has 0 bridgehead atoms. The molecule has 1 amide bonds. The Bertz CT molecular complexity index is 608. The van der Waals surface area contributed by atoms with Gasteiger partial charge >= 0.3 is 11.5 Å². The fraction of sp³-hybridized carbons (Fsp3) is 0.462. The number of rotatable bonds is 3. The average molecular weight is 334 g/mol. The smallest absolute Gasteiger partial charge is 0.447 e. The number of pyridine rings is 1. The first-order valence-electron chi connectivity index (χ1n) is 6.36. The molecule has 1 aromatic rings. The number of hydrogen-bond donors (Lipinski definition) is 1. The molecule has 5 nitrogen and oxygen atoms in total. The molecular weight excluding hydrogens is 321 g/mol. The minimum Gasteiger partial charge on any atom is -0.481 e. The fourth-order valence-corrected chi connectivity index (χ4v) is 2.82. The van der Waals surface area contributed by atoms with Crippen molar-refractivity contribution in [1.82, 2.24) is 9.88 Å². The number of thioether (sulfide) groups is 1. The van der Waals surface area contributed by atoms with E-state index in [9.17, 15) is 22.8 Å². The van der Waals surface area contributed by atoms with E-state index in [0.29, 0.717) is 0 Å². The standard InChI is InChI=1S/C13H13F3N2O3S/c1-12(11(20)21)4-6-18(7-12)10(19)8-3-2-5-17-9(8)22-13(14,15)16/h2-3,5H,4,6-7H2,1H3,(H,20,21). The summed E-state index contributed by atoms with van der Waals surface area (Å²) in [4.78, 5) is 28.4. The van der Waals surface area contributed by atoms with E-state index in [1.807, 2.05) is 0 Å². The average Bonchev–Trinajstić information content (AvgIpc) is 2.81. The summed E-state index contributed by atoms with van der Waals surface area (Å²) in [5.41, 5.74) is -5.79. The summed E-state index contributed by atoms with van der Waals surface area (Å²) in [6, 6.07) is 2.64. The maximum Gasteiger partial charge on any atom is 0.447 e. The van der Waals surface area contributed by atoms with Gasteiger partial charge in [0.2, 0.25) is 0 Å². The van der Waals surface area contributed by atoms with Crippen molar-refractivity contribution < 1.29 is 27.9 Å². The van der Waals surface area contributed by atoms with Gasteiger partial charge in [0.05, 0.1) is 11.0 Å². The lowest BCUT2D eigenvalue weighted by atomic mass is 9.90. The highest BCUT2D eigenvalue weighted by Gasteiger charge is 2.43. The van der Waals surface area contributed by atoms with E-state index in [1.165, 1.54) is 30.2 Å². The summed E-state index contributed by atoms with van der Waals surface area (Å²) >= 11 is -0.454. The Morgan fingerprint density at radius 2 is 2.14 bits per heavy atom. The van der Waals surface area contributed by atoms with Crippen LogP contribution in [0.15, 0.2) is 23.4 Å². The molecule has 0 saturated carbocycles. The number of nitrogens with zero attached hydrogens (tertiary/aromatic N) is 2. The zero-order chi connectivity index (χ0) is 16.5. The van der Waals surface area contributed by atoms with Crippen LogP contribution in [0.4, 0.5) is 13.2 Å². The van der Waals surface area contributed by atoms with Gasteiger partial charge in [0.1, 0.15) is 5.03 Å². The van der Waals surface area contributed by atoms with Gasteiger partial charge in [0.15, 0.2) is 0 Å². The van der Waals surface area contributed by atoms with Crippen molar-refractivity contribution in [1.29, 1.82) is 0 Å². The maximum atomic E-state index is 12.5. The van der Waals surface area contributed by atoms with Crippen LogP contribution >= 0.6 is 11.8 Å². The van der Waals surface area contributed by atoms with Crippen LogP contribution in [-0.4, -0.2) is 45.5 Å². The number of carboxylic acid groups (broad SMARTS) is 1. The molecule has 0 aromatic carbocycles. The SMILES string of the molecule is CC1(C(=O)O)CCN(C(=O)c2cccnc2SC(F)(F)F)C1. The lowest BCUT2D eigenvalue weighted by Gasteiger charge is -2.21. The molecule has 1 aliphatic rings. The van der Waals surface area contributed by atoms with Crippen LogP contribution in [0.25, 0.3) is 0 Å². The van der Waals surface area contributed by atoms with Crippen LogP contribution in [0.1, 0.15) is 23.7 Å². The third-order valence-electron chi connectivity index (χ3n) is 3.49. The van der Waals surface area contributed by atoms with E-state index < -0.39 is 39.6 Å². The molecular formula is C13H13F3N2O3S. The van der Waals surface area contributed by atoms with Crippen molar-refractivity contribution in [3.63, 3.8) is 0 Å². The zero-order valence-corrected chi connectivity index (χ0v) is 12.4. The van der Waals surface area contributed by atoms with Crippen molar-refractivity contribution in [3.8, 4) is 0 Å². The summed E-state index contributed by atoms with van der Waals surface area (Å²) in [7, 11) is 0. The number of aromatic nitrogens is 1. The van der Waals surface area contributed by atoms with E-state index in [0.717, 1.165) is 0 Å². The molecule has 0 aliphatic carbocycles. The molecule has 1 unspecified atom stereocenters. The highest BCUT2D eigenvalue weighted by atomic mass is 32.2. The molecule has 1 aliphatic heterocycles. The highest BCUT2D eigenvalue weighted by Crippen LogP contribution is 2.38. The van der Waals surface area contributed by atoms with Crippen molar-refractivity contribution >= 4 is 23.6 Å². The fourth-order valence-electron chi connectivity index (χ4n) is 2.22. The Kier molecular flexibility index (Phi) is 4.37. The van der Waals surface area contributed by atoms with Gasteiger partial charge in [0.25, 0.3) is 5.91 Å². The van der Waals surface area contributed by atoms with Gasteiger partial charge in [-0.3, -0.25) is 9.59 Å². The van der Waals surface area contributed by atoms with E-state index >= 15 is 0 Å². The largest absolute Gasteiger partial charge is 0.481 e. The molecule has 120 valence electrons. The van der Waals surface area contributed by atoms with Crippen molar-refractivity contribution in [3.05, 3.63) is 23.9 Å². The van der Waals surface area contributed by atoms with E-state index in [-0.39, 0.29) is 25.1 Å². The third kappa shape index (κ3) is 3.52. The highest BCUT2D eigenvalue weighted by molar-refractivity contribution is 8.00. The Labute approximate surface area is 128 Å². The molecule has 22 heavy (non-hydrogen) atoms. The Hall–Kier alpha value is -1.77. The van der Waals surface area contributed by atoms with Crippen LogP contribution in [0.2, 0.25) is 0 Å². The molecule has 1 atom stereocenters. The molecule has 9 heteroatoms. The van der Waals surface area contributed by atoms with E-state index in [2.05, 4.69) is 4.98 Å². The minimum absolute atomic E-state index is 0.0355. The molecule has 0 spiro atoms. The van der Waals surface area contributed by atoms with Gasteiger partial charge in [-0.15, -0.1) is 0 Å². The first-order chi connectivity index (χ1) is 10.1. The second-order valence-electron chi connectivity index (χ2n) is 5.25. The van der Waals surface area contributed by atoms with Gasteiger partial charge in [-0.2, -0.15) is 13.2 Å². The normalized spacial score (nSPS) is 21.9. The number of carbonyl (C=O) groups is 2. The summed E-state index contributed by atoms with van der Waals surface area (Å²) in [6.45, 7) is 1.66. The number of aliphatic carboxylic acids is 1. The first kappa shape index (κ1) is 16.6. The van der Waals surface area contributed by atoms with Crippen LogP contribution in [-0.2, 0) is 4.79 Å². The topological polar surface area (TPSA) is 70.5 Å². The van der Waals surface area contributed by atoms with Gasteiger partial charge in [-0.1, -0.05) is 0 Å². The van der Waals surface area contributed by atoms with Crippen LogP contribution < -0.4 is 0 Å². The number of likely N-dealkylation sites (tertiary alicyclic amines) is 1. The lowest BCUT2D eigenvalue weighted by Crippen LogP contribution is -2.35. The molecule has 1 fully saturated rings. The van der Waals surface area contributed by atoms with Gasteiger partial charge in [-0.05, 0) is 25.5 Å². The van der Waals surface area contributed by atoms with Crippen molar-refractivity contribution in [2.24, 2.45) is 5.41 Å². The number of halogens is 3. The Morgan fingerprint density at radius 3 is 2.68 bits per heavy atom. The van der Waals surface area contributed by atoms with Gasteiger partial charge in [0, 0.05) is 31.0 Å². The van der Waals surface area contributed by atoms with Gasteiger partial charge < -0.3 is 10.0 Å². The number of amides is 1. The van der Waals surface area contributed by atoms with Crippen LogP contribution in [0.5, 0.6) is 0 Å². The number of carbonyl (C=O) groups excluding carboxylic acids is 1. The van der Waals surface area contributed by atoms with E-state index in [4.69, 9.17) is 5.11 Å². The Morgan fingerprint density at radius 1 is 1.45 bits per heavy atom. The third-order valence-corrected chi connectivity index (χ3v) is 4.24. The molecule has 0 radical (unpaired) electrons. The zero-order valence-electron chi connectivity index (χ0n) is 11.6. The Balaban J connectivity index is 2.23. The predicted molar refractivity (Wildman–Crippen MR) is 72.4 cm³/mol. The van der Waals surface area contributed by atoms with E-state index in [1.54, 1.807) is 0 Å². The molecule has 2 rings (SSSR count). The molecule has 1 aromatic heterocycles. The quantitative estimate of drug-likeness (QED) is 0.861. The number of alkyl halides is 3. The minimum atomic E-state index is -4.55. The number of carboxylic acids is 1.